The Balaban J connectivity index is 1.68. The Morgan fingerprint density at radius 1 is 1.16 bits per heavy atom. The number of carbonyl (C=O) groups excluding carboxylic acids is 1. The van der Waals surface area contributed by atoms with Crippen LogP contribution >= 0.6 is 0 Å². The van der Waals surface area contributed by atoms with Gasteiger partial charge in [0.25, 0.3) is 5.91 Å². The van der Waals surface area contributed by atoms with Crippen LogP contribution in [0.15, 0.2) is 54.6 Å². The second-order valence-corrected chi connectivity index (χ2v) is 5.99. The Labute approximate surface area is 147 Å². The minimum atomic E-state index is -0.179. The highest BCUT2D eigenvalue weighted by atomic mass is 16.5. The molecular formula is C20H23NO4. The molecule has 2 aromatic rings. The van der Waals surface area contributed by atoms with Crippen molar-refractivity contribution in [3.05, 3.63) is 65.7 Å². The van der Waals surface area contributed by atoms with Gasteiger partial charge in [-0.1, -0.05) is 42.5 Å². The fourth-order valence-corrected chi connectivity index (χ4v) is 2.90. The maximum absolute atomic E-state index is 12.7. The first kappa shape index (κ1) is 17.5. The molecule has 0 radical (unpaired) electrons. The number of hydrogen-bond donors (Lipinski definition) is 1. The lowest BCUT2D eigenvalue weighted by atomic mass is 10.1. The number of rotatable bonds is 6. The number of nitrogens with one attached hydrogen (secondary N) is 1. The van der Waals surface area contributed by atoms with Gasteiger partial charge in [0.1, 0.15) is 12.4 Å². The zero-order valence-corrected chi connectivity index (χ0v) is 14.3. The van der Waals surface area contributed by atoms with Crippen molar-refractivity contribution in [3.8, 4) is 5.75 Å². The third-order valence-corrected chi connectivity index (χ3v) is 4.28. The lowest BCUT2D eigenvalue weighted by Crippen LogP contribution is -2.50. The molecule has 1 fully saturated rings. The summed E-state index contributed by atoms with van der Waals surface area (Å²) < 4.78 is 16.8. The molecule has 1 N–H and O–H groups in total. The smallest absolute Gasteiger partial charge is 0.255 e. The van der Waals surface area contributed by atoms with Gasteiger partial charge in [-0.3, -0.25) is 4.79 Å². The van der Waals surface area contributed by atoms with Crippen LogP contribution in [-0.2, 0) is 16.1 Å². The molecule has 0 aromatic heterocycles. The number of para-hydroxylation sites is 1. The number of methoxy groups -OCH3 is 1. The Hall–Kier alpha value is -2.37. The molecule has 1 heterocycles. The normalized spacial score (nSPS) is 20.0. The number of ether oxygens (including phenoxy) is 3. The largest absolute Gasteiger partial charge is 0.488 e. The van der Waals surface area contributed by atoms with E-state index in [1.54, 1.807) is 13.2 Å². The van der Waals surface area contributed by atoms with Crippen molar-refractivity contribution in [1.29, 1.82) is 0 Å². The van der Waals surface area contributed by atoms with Crippen LogP contribution < -0.4 is 10.1 Å². The molecule has 1 aliphatic rings. The summed E-state index contributed by atoms with van der Waals surface area (Å²) in [4.78, 5) is 12.7. The van der Waals surface area contributed by atoms with Crippen molar-refractivity contribution in [3.63, 3.8) is 0 Å². The molecule has 0 saturated carbocycles. The van der Waals surface area contributed by atoms with Gasteiger partial charge < -0.3 is 19.5 Å². The topological polar surface area (TPSA) is 56.8 Å². The SMILES string of the molecule is CO[C@@H]1CCOC[C@H]1NC(=O)c1ccccc1OCc1ccccc1. The first-order valence-corrected chi connectivity index (χ1v) is 8.45. The van der Waals surface area contributed by atoms with Crippen LogP contribution in [0.4, 0.5) is 0 Å². The van der Waals surface area contributed by atoms with E-state index in [0.29, 0.717) is 31.1 Å². The van der Waals surface area contributed by atoms with Crippen molar-refractivity contribution in [2.75, 3.05) is 20.3 Å². The minimum Gasteiger partial charge on any atom is -0.488 e. The average Bonchev–Trinajstić information content (AvgIpc) is 2.68. The zero-order valence-electron chi connectivity index (χ0n) is 14.3. The van der Waals surface area contributed by atoms with E-state index in [2.05, 4.69) is 5.32 Å². The summed E-state index contributed by atoms with van der Waals surface area (Å²) in [7, 11) is 1.66. The average molecular weight is 341 g/mol. The van der Waals surface area contributed by atoms with Crippen LogP contribution in [0.2, 0.25) is 0 Å². The van der Waals surface area contributed by atoms with E-state index >= 15 is 0 Å². The van der Waals surface area contributed by atoms with E-state index in [-0.39, 0.29) is 18.1 Å². The molecule has 0 unspecified atom stereocenters. The van der Waals surface area contributed by atoms with Crippen LogP contribution in [0, 0.1) is 0 Å². The standard InChI is InChI=1S/C20H23NO4/c1-23-19-11-12-24-14-17(19)21-20(22)16-9-5-6-10-18(16)25-13-15-7-3-2-4-8-15/h2-10,17,19H,11-14H2,1H3,(H,21,22)/t17-,19-/m1/s1. The first-order valence-electron chi connectivity index (χ1n) is 8.45. The summed E-state index contributed by atoms with van der Waals surface area (Å²) in [5, 5.41) is 3.01. The van der Waals surface area contributed by atoms with Gasteiger partial charge in [-0.25, -0.2) is 0 Å². The molecule has 5 heteroatoms. The molecule has 5 nitrogen and oxygen atoms in total. The van der Waals surface area contributed by atoms with Crippen molar-refractivity contribution in [2.45, 2.75) is 25.2 Å². The molecule has 1 saturated heterocycles. The Bertz CT molecular complexity index is 689. The molecule has 1 aliphatic heterocycles. The monoisotopic (exact) mass is 341 g/mol. The van der Waals surface area contributed by atoms with Crippen LogP contribution in [0.25, 0.3) is 0 Å². The minimum absolute atomic E-state index is 0.0323. The van der Waals surface area contributed by atoms with E-state index in [1.807, 2.05) is 48.5 Å². The quantitative estimate of drug-likeness (QED) is 0.878. The molecule has 1 amide bonds. The number of amides is 1. The first-order chi connectivity index (χ1) is 12.3. The van der Waals surface area contributed by atoms with Gasteiger partial charge in [-0.15, -0.1) is 0 Å². The predicted molar refractivity (Wildman–Crippen MR) is 94.7 cm³/mol. The van der Waals surface area contributed by atoms with E-state index in [0.717, 1.165) is 12.0 Å². The molecular weight excluding hydrogens is 318 g/mol. The van der Waals surface area contributed by atoms with Gasteiger partial charge in [0.2, 0.25) is 0 Å². The lowest BCUT2D eigenvalue weighted by Gasteiger charge is -2.31. The van der Waals surface area contributed by atoms with Crippen LogP contribution in [0.5, 0.6) is 5.75 Å². The maximum Gasteiger partial charge on any atom is 0.255 e. The van der Waals surface area contributed by atoms with Gasteiger partial charge in [0, 0.05) is 13.7 Å². The van der Waals surface area contributed by atoms with Crippen molar-refractivity contribution in [2.24, 2.45) is 0 Å². The van der Waals surface area contributed by atoms with Gasteiger partial charge >= 0.3 is 0 Å². The second kappa shape index (κ2) is 8.65. The van der Waals surface area contributed by atoms with Gasteiger partial charge in [0.05, 0.1) is 24.3 Å². The Kier molecular flexibility index (Phi) is 6.04. The Morgan fingerprint density at radius 2 is 1.92 bits per heavy atom. The summed E-state index contributed by atoms with van der Waals surface area (Å²) in [6.45, 7) is 1.53. The fraction of sp³-hybridized carbons (Fsp3) is 0.350. The second-order valence-electron chi connectivity index (χ2n) is 5.99. The summed E-state index contributed by atoms with van der Waals surface area (Å²) in [5.41, 5.74) is 1.57. The number of benzene rings is 2. The lowest BCUT2D eigenvalue weighted by molar-refractivity contribution is -0.0349. The molecule has 2 atom stereocenters. The van der Waals surface area contributed by atoms with Crippen molar-refractivity contribution >= 4 is 5.91 Å². The van der Waals surface area contributed by atoms with E-state index in [4.69, 9.17) is 14.2 Å². The Morgan fingerprint density at radius 3 is 2.72 bits per heavy atom. The molecule has 2 aromatic carbocycles. The summed E-state index contributed by atoms with van der Waals surface area (Å²) in [5.74, 6) is 0.385. The van der Waals surface area contributed by atoms with Crippen molar-refractivity contribution < 1.29 is 19.0 Å². The molecule has 0 spiro atoms. The highest BCUT2D eigenvalue weighted by Crippen LogP contribution is 2.20. The van der Waals surface area contributed by atoms with Gasteiger partial charge in [-0.05, 0) is 24.1 Å². The molecule has 3 rings (SSSR count). The highest BCUT2D eigenvalue weighted by molar-refractivity contribution is 5.97. The van der Waals surface area contributed by atoms with Gasteiger partial charge in [0.15, 0.2) is 0 Å². The highest BCUT2D eigenvalue weighted by Gasteiger charge is 2.28. The molecule has 0 aliphatic carbocycles. The van der Waals surface area contributed by atoms with E-state index in [1.165, 1.54) is 0 Å². The van der Waals surface area contributed by atoms with E-state index < -0.39 is 0 Å². The number of carbonyl (C=O) groups is 1. The zero-order chi connectivity index (χ0) is 17.5. The third kappa shape index (κ3) is 4.59. The summed E-state index contributed by atoms with van der Waals surface area (Å²) >= 11 is 0. The van der Waals surface area contributed by atoms with Crippen LogP contribution in [0.1, 0.15) is 22.3 Å². The predicted octanol–water partition coefficient (Wildman–Crippen LogP) is 2.80. The van der Waals surface area contributed by atoms with E-state index in [9.17, 15) is 4.79 Å². The maximum atomic E-state index is 12.7. The fourth-order valence-electron chi connectivity index (χ4n) is 2.90. The molecule has 25 heavy (non-hydrogen) atoms. The van der Waals surface area contributed by atoms with Crippen LogP contribution in [0.3, 0.4) is 0 Å². The molecule has 0 bridgehead atoms. The third-order valence-electron chi connectivity index (χ3n) is 4.28. The van der Waals surface area contributed by atoms with Crippen LogP contribution in [-0.4, -0.2) is 38.4 Å². The molecule has 132 valence electrons. The summed E-state index contributed by atoms with van der Waals surface area (Å²) in [6.07, 6.45) is 0.739. The van der Waals surface area contributed by atoms with Gasteiger partial charge in [-0.2, -0.15) is 0 Å². The van der Waals surface area contributed by atoms with Crippen molar-refractivity contribution in [1.82, 2.24) is 5.32 Å². The summed E-state index contributed by atoms with van der Waals surface area (Å²) in [6, 6.07) is 17.0. The number of hydrogen-bond acceptors (Lipinski definition) is 4.